The van der Waals surface area contributed by atoms with Crippen LogP contribution in [0.4, 0.5) is 0 Å². The first-order valence-corrected chi connectivity index (χ1v) is 5.59. The summed E-state index contributed by atoms with van der Waals surface area (Å²) >= 11 is 3.18. The fourth-order valence-electron chi connectivity index (χ4n) is 0.928. The Morgan fingerprint density at radius 1 is 1.12 bits per heavy atom. The molecule has 86 valence electrons. The van der Waals surface area contributed by atoms with E-state index in [0.29, 0.717) is 5.82 Å². The third-order valence-electron chi connectivity index (χ3n) is 1.46. The summed E-state index contributed by atoms with van der Waals surface area (Å²) in [6, 6.07) is 9.73. The van der Waals surface area contributed by atoms with Crippen LogP contribution in [0.15, 0.2) is 30.3 Å². The number of nitrogens with zero attached hydrogens (tertiary/aromatic N) is 4. The van der Waals surface area contributed by atoms with E-state index in [1.54, 1.807) is 0 Å². The number of benzene rings is 1. The minimum Gasteiger partial charge on any atom is -0.323 e. The molecule has 0 aliphatic heterocycles. The van der Waals surface area contributed by atoms with Crippen molar-refractivity contribution < 1.29 is 0 Å². The van der Waals surface area contributed by atoms with E-state index in [4.69, 9.17) is 0 Å². The fourth-order valence-corrected chi connectivity index (χ4v) is 1.27. The van der Waals surface area contributed by atoms with E-state index in [1.807, 2.05) is 30.3 Å². The Bertz CT molecular complexity index is 414. The van der Waals surface area contributed by atoms with Crippen molar-refractivity contribution in [1.29, 1.82) is 0 Å². The topological polar surface area (TPSA) is 43.6 Å². The molecule has 1 aromatic heterocycles. The molecule has 1 aromatic carbocycles. The van der Waals surface area contributed by atoms with E-state index in [2.05, 4.69) is 52.4 Å². The number of hydrogen-bond donors (Lipinski definition) is 0. The van der Waals surface area contributed by atoms with Gasteiger partial charge >= 0.3 is 23.1 Å². The molecule has 0 fully saturated rings. The van der Waals surface area contributed by atoms with Crippen LogP contribution in [0.3, 0.4) is 0 Å². The van der Waals surface area contributed by atoms with Crippen LogP contribution in [-0.2, 0) is 0 Å². The Morgan fingerprint density at radius 3 is 2.06 bits per heavy atom. The quantitative estimate of drug-likeness (QED) is 0.601. The van der Waals surface area contributed by atoms with Gasteiger partial charge in [-0.3, -0.25) is 0 Å². The standard InChI is InChI=1S/C7H5BrN4.C4H9.Mg/c8-12-7(9-10-11-12)6-4-2-1-3-5-6;1-4(2)3;/h1-5H;1-3H3;/q;-1;+2. The number of rotatable bonds is 1. The van der Waals surface area contributed by atoms with Gasteiger partial charge in [0.25, 0.3) is 0 Å². The summed E-state index contributed by atoms with van der Waals surface area (Å²) in [4.78, 5) is 0. The van der Waals surface area contributed by atoms with Gasteiger partial charge in [0.15, 0.2) is 5.82 Å². The van der Waals surface area contributed by atoms with Gasteiger partial charge in [0.2, 0.25) is 0 Å². The Morgan fingerprint density at radius 2 is 1.65 bits per heavy atom. The normalized spacial score (nSPS) is 9.24. The average molecular weight is 306 g/mol. The molecular weight excluding hydrogens is 292 g/mol. The molecule has 0 saturated carbocycles. The van der Waals surface area contributed by atoms with Gasteiger partial charge in [0.05, 0.1) is 16.1 Å². The molecule has 2 rings (SSSR count). The van der Waals surface area contributed by atoms with Gasteiger partial charge in [-0.15, -0.1) is 5.10 Å². The first-order valence-electron chi connectivity index (χ1n) is 4.88. The number of halogens is 1. The van der Waals surface area contributed by atoms with Crippen LogP contribution in [0.5, 0.6) is 0 Å². The third kappa shape index (κ3) is 6.14. The molecule has 0 aliphatic carbocycles. The molecule has 0 bridgehead atoms. The van der Waals surface area contributed by atoms with E-state index in [-0.39, 0.29) is 23.1 Å². The molecule has 0 unspecified atom stereocenters. The van der Waals surface area contributed by atoms with Crippen LogP contribution in [0.1, 0.15) is 20.8 Å². The second-order valence-electron chi connectivity index (χ2n) is 3.73. The van der Waals surface area contributed by atoms with Gasteiger partial charge in [-0.25, -0.2) is 0 Å². The van der Waals surface area contributed by atoms with Crippen molar-refractivity contribution >= 4 is 39.2 Å². The molecule has 0 spiro atoms. The Balaban J connectivity index is 0.000000453. The summed E-state index contributed by atoms with van der Waals surface area (Å²) in [6.07, 6.45) is 0. The Hall–Kier alpha value is -0.464. The van der Waals surface area contributed by atoms with Gasteiger partial charge in [0.1, 0.15) is 0 Å². The summed E-state index contributed by atoms with van der Waals surface area (Å²) in [7, 11) is 0. The van der Waals surface area contributed by atoms with Crippen LogP contribution in [0.2, 0.25) is 0 Å². The maximum Gasteiger partial charge on any atom is 2.00 e. The first kappa shape index (κ1) is 16.5. The predicted octanol–water partition coefficient (Wildman–Crippen LogP) is 2.74. The number of aromatic nitrogens is 4. The van der Waals surface area contributed by atoms with Gasteiger partial charge in [0, 0.05) is 5.56 Å². The predicted molar refractivity (Wildman–Crippen MR) is 73.6 cm³/mol. The van der Waals surface area contributed by atoms with E-state index < -0.39 is 0 Å². The zero-order valence-electron chi connectivity index (χ0n) is 10.3. The van der Waals surface area contributed by atoms with Crippen molar-refractivity contribution in [2.24, 2.45) is 0 Å². The van der Waals surface area contributed by atoms with Crippen molar-refractivity contribution in [3.05, 3.63) is 36.2 Å². The molecule has 1 heterocycles. The van der Waals surface area contributed by atoms with Crippen LogP contribution < -0.4 is 0 Å². The average Bonchev–Trinajstić information content (AvgIpc) is 2.65. The summed E-state index contributed by atoms with van der Waals surface area (Å²) in [6.45, 7) is 6.25. The van der Waals surface area contributed by atoms with Gasteiger partial charge in [-0.2, -0.15) is 24.5 Å². The summed E-state index contributed by atoms with van der Waals surface area (Å²) < 4.78 is 1.46. The molecule has 0 radical (unpaired) electrons. The van der Waals surface area contributed by atoms with E-state index in [0.717, 1.165) is 5.56 Å². The molecule has 17 heavy (non-hydrogen) atoms. The van der Waals surface area contributed by atoms with Crippen molar-refractivity contribution in [2.75, 3.05) is 0 Å². The molecule has 2 aromatic rings. The van der Waals surface area contributed by atoms with Crippen molar-refractivity contribution in [1.82, 2.24) is 19.2 Å². The maximum atomic E-state index is 3.84. The second-order valence-corrected chi connectivity index (χ2v) is 4.40. The smallest absolute Gasteiger partial charge is 0.323 e. The molecule has 0 aliphatic rings. The Labute approximate surface area is 126 Å². The molecule has 0 atom stereocenters. The van der Waals surface area contributed by atoms with E-state index in [1.165, 1.54) is 9.63 Å². The zero-order valence-corrected chi connectivity index (χ0v) is 13.3. The van der Waals surface area contributed by atoms with Gasteiger partial charge in [-0.05, 0) is 10.4 Å². The molecule has 0 saturated heterocycles. The van der Waals surface area contributed by atoms with Crippen LogP contribution in [0.25, 0.3) is 11.4 Å². The minimum absolute atomic E-state index is 0. The molecule has 6 heteroatoms. The maximum absolute atomic E-state index is 3.84. The monoisotopic (exact) mass is 305 g/mol. The number of tetrazole rings is 1. The van der Waals surface area contributed by atoms with Gasteiger partial charge in [-0.1, -0.05) is 30.3 Å². The van der Waals surface area contributed by atoms with Crippen LogP contribution >= 0.6 is 16.1 Å². The van der Waals surface area contributed by atoms with E-state index >= 15 is 0 Å². The second kappa shape index (κ2) is 8.60. The molecule has 0 amide bonds. The van der Waals surface area contributed by atoms with Crippen molar-refractivity contribution in [3.63, 3.8) is 0 Å². The van der Waals surface area contributed by atoms with Crippen molar-refractivity contribution in [2.45, 2.75) is 20.8 Å². The summed E-state index contributed by atoms with van der Waals surface area (Å²) in [5, 5.41) is 11.0. The molecule has 4 nitrogen and oxygen atoms in total. The minimum atomic E-state index is 0. The zero-order chi connectivity index (χ0) is 12.0. The van der Waals surface area contributed by atoms with Crippen LogP contribution in [0, 0.1) is 5.92 Å². The van der Waals surface area contributed by atoms with E-state index in [9.17, 15) is 0 Å². The van der Waals surface area contributed by atoms with Crippen molar-refractivity contribution in [3.8, 4) is 11.4 Å². The largest absolute Gasteiger partial charge is 2.00 e. The molecule has 0 N–H and O–H groups in total. The SMILES string of the molecule is Brn1nnnc1-c1ccccc1.C[C-](C)C.[Mg+2]. The third-order valence-corrected chi connectivity index (χ3v) is 1.94. The fraction of sp³-hybridized carbons (Fsp3) is 0.273. The first-order chi connectivity index (χ1) is 7.61. The number of hydrogen-bond acceptors (Lipinski definition) is 3. The van der Waals surface area contributed by atoms with Gasteiger partial charge < -0.3 is 5.92 Å². The summed E-state index contributed by atoms with van der Waals surface area (Å²) in [5.74, 6) is 2.12. The Kier molecular flexibility index (Phi) is 8.37. The molecular formula is C11H14BrMgN4+. The van der Waals surface area contributed by atoms with Crippen LogP contribution in [-0.4, -0.2) is 42.3 Å². The summed E-state index contributed by atoms with van der Waals surface area (Å²) in [5.41, 5.74) is 0.986.